The summed E-state index contributed by atoms with van der Waals surface area (Å²) >= 11 is 0. The van der Waals surface area contributed by atoms with E-state index >= 15 is 0 Å². The fraction of sp³-hybridized carbons (Fsp3) is 0.390. The van der Waals surface area contributed by atoms with Crippen molar-refractivity contribution < 1.29 is 19.7 Å². The van der Waals surface area contributed by atoms with Gasteiger partial charge in [0.2, 0.25) is 0 Å². The Balaban J connectivity index is 0.923. The molecule has 0 aliphatic heterocycles. The number of rotatable bonds is 10. The van der Waals surface area contributed by atoms with Crippen molar-refractivity contribution in [3.05, 3.63) is 141 Å². The standard InChI is InChI=1S/C59H64O4/c1-37-29-49(57(60)51(31-37)55-43-21-9-5-17-39(43)33-40-18-6-10-22-44(40)55)47-25-13-15-27-53(47)62-35-59(3,4)36-63-54-28-16-14-26-48(54)50-30-38(2)32-52(58(50)61)56-45-23-11-7-19-41(45)34-42-20-8-12-24-46(42)56/h13-16,25-34,60-61H,5-12,17-24,35-36H2,1-4H3. The maximum Gasteiger partial charge on any atom is 0.131 e. The molecule has 4 aliphatic carbocycles. The second-order valence-electron chi connectivity index (χ2n) is 20.0. The number of ether oxygens (including phenoxy) is 2. The molecule has 0 heterocycles. The zero-order chi connectivity index (χ0) is 43.2. The van der Waals surface area contributed by atoms with Gasteiger partial charge < -0.3 is 19.7 Å². The molecule has 0 aromatic heterocycles. The van der Waals surface area contributed by atoms with E-state index < -0.39 is 0 Å². The summed E-state index contributed by atoms with van der Waals surface area (Å²) in [5.74, 6) is 2.18. The minimum Gasteiger partial charge on any atom is -0.507 e. The van der Waals surface area contributed by atoms with Crippen LogP contribution in [0.2, 0.25) is 0 Å². The Bertz CT molecular complexity index is 2460. The van der Waals surface area contributed by atoms with E-state index in [-0.39, 0.29) is 5.41 Å². The van der Waals surface area contributed by atoms with Crippen molar-refractivity contribution in [3.8, 4) is 67.5 Å². The monoisotopic (exact) mass is 836 g/mol. The number of aryl methyl sites for hydroxylation is 6. The van der Waals surface area contributed by atoms with Crippen LogP contribution in [-0.4, -0.2) is 23.4 Å². The van der Waals surface area contributed by atoms with Gasteiger partial charge in [0.05, 0.1) is 13.2 Å². The Kier molecular flexibility index (Phi) is 11.4. The first-order valence-corrected chi connectivity index (χ1v) is 24.1. The molecule has 4 heteroatoms. The Hall–Kier alpha value is -5.48. The molecule has 2 N–H and O–H groups in total. The highest BCUT2D eigenvalue weighted by atomic mass is 16.5. The normalized spacial score (nSPS) is 15.8. The lowest BCUT2D eigenvalue weighted by molar-refractivity contribution is 0.111. The van der Waals surface area contributed by atoms with Crippen LogP contribution in [0.1, 0.15) is 121 Å². The zero-order valence-electron chi connectivity index (χ0n) is 38.0. The van der Waals surface area contributed by atoms with Gasteiger partial charge in [-0.2, -0.15) is 0 Å². The average molecular weight is 837 g/mol. The molecule has 0 spiro atoms. The van der Waals surface area contributed by atoms with Gasteiger partial charge in [-0.1, -0.05) is 62.4 Å². The van der Waals surface area contributed by atoms with Crippen molar-refractivity contribution in [2.75, 3.05) is 13.2 Å². The van der Waals surface area contributed by atoms with Crippen molar-refractivity contribution in [3.63, 3.8) is 0 Å². The van der Waals surface area contributed by atoms with Crippen LogP contribution in [0.25, 0.3) is 44.5 Å². The number of benzene rings is 6. The van der Waals surface area contributed by atoms with E-state index in [2.05, 4.69) is 76.2 Å². The molecule has 0 bridgehead atoms. The summed E-state index contributed by atoms with van der Waals surface area (Å²) in [6.07, 6.45) is 18.6. The van der Waals surface area contributed by atoms with E-state index in [9.17, 15) is 10.2 Å². The second kappa shape index (κ2) is 17.2. The van der Waals surface area contributed by atoms with E-state index in [4.69, 9.17) is 9.47 Å². The molecule has 0 unspecified atom stereocenters. The Labute approximate surface area is 375 Å². The number of hydrogen-bond acceptors (Lipinski definition) is 4. The molecular weight excluding hydrogens is 773 g/mol. The van der Waals surface area contributed by atoms with Crippen molar-refractivity contribution in [2.24, 2.45) is 5.41 Å². The van der Waals surface area contributed by atoms with E-state index in [0.717, 1.165) is 107 Å². The molecule has 0 saturated carbocycles. The number of para-hydroxylation sites is 2. The zero-order valence-corrected chi connectivity index (χ0v) is 38.0. The smallest absolute Gasteiger partial charge is 0.131 e. The molecular formula is C59H64O4. The number of fused-ring (bicyclic) bond motifs is 4. The van der Waals surface area contributed by atoms with Gasteiger partial charge in [-0.3, -0.25) is 0 Å². The van der Waals surface area contributed by atoms with Gasteiger partial charge in [0, 0.05) is 38.8 Å². The van der Waals surface area contributed by atoms with Crippen LogP contribution >= 0.6 is 0 Å². The molecule has 0 atom stereocenters. The summed E-state index contributed by atoms with van der Waals surface area (Å²) in [6.45, 7) is 9.47. The predicted molar refractivity (Wildman–Crippen MR) is 259 cm³/mol. The minimum atomic E-state index is -0.371. The van der Waals surface area contributed by atoms with Crippen LogP contribution in [0.3, 0.4) is 0 Å². The Morgan fingerprint density at radius 3 is 1.10 bits per heavy atom. The highest BCUT2D eigenvalue weighted by molar-refractivity contribution is 5.90. The fourth-order valence-electron chi connectivity index (χ4n) is 11.5. The first kappa shape index (κ1) is 41.5. The quantitative estimate of drug-likeness (QED) is 0.144. The van der Waals surface area contributed by atoms with Crippen LogP contribution in [0.4, 0.5) is 0 Å². The van der Waals surface area contributed by atoms with Gasteiger partial charge in [0.25, 0.3) is 0 Å². The summed E-state index contributed by atoms with van der Waals surface area (Å²) in [7, 11) is 0. The topological polar surface area (TPSA) is 58.9 Å². The molecule has 0 saturated heterocycles. The summed E-state index contributed by atoms with van der Waals surface area (Å²) in [4.78, 5) is 0. The molecule has 4 nitrogen and oxygen atoms in total. The van der Waals surface area contributed by atoms with Crippen molar-refractivity contribution in [1.82, 2.24) is 0 Å². The molecule has 0 amide bonds. The van der Waals surface area contributed by atoms with E-state index in [1.807, 2.05) is 36.4 Å². The maximum absolute atomic E-state index is 12.3. The van der Waals surface area contributed by atoms with Gasteiger partial charge in [-0.25, -0.2) is 0 Å². The SMILES string of the molecule is Cc1cc(-c2ccccc2OCC(C)(C)COc2ccccc2-c2cc(C)cc(-c3c4c(cc5c3CCCC5)CCCC4)c2O)c(O)c(-c2c3c(cc4c2CCCC4)CCCC3)c1. The molecule has 6 aromatic rings. The highest BCUT2D eigenvalue weighted by Gasteiger charge is 2.29. The summed E-state index contributed by atoms with van der Waals surface area (Å²) in [6, 6.07) is 29.9. The molecule has 63 heavy (non-hydrogen) atoms. The highest BCUT2D eigenvalue weighted by Crippen LogP contribution is 2.50. The lowest BCUT2D eigenvalue weighted by atomic mass is 9.76. The van der Waals surface area contributed by atoms with Crippen molar-refractivity contribution >= 4 is 0 Å². The molecule has 0 fully saturated rings. The molecule has 0 radical (unpaired) electrons. The first-order chi connectivity index (χ1) is 30.6. The van der Waals surface area contributed by atoms with Gasteiger partial charge in [-0.15, -0.1) is 0 Å². The van der Waals surface area contributed by atoms with E-state index in [0.29, 0.717) is 24.7 Å². The first-order valence-electron chi connectivity index (χ1n) is 24.1. The van der Waals surface area contributed by atoms with E-state index in [1.165, 1.54) is 107 Å². The number of phenolic OH excluding ortho intramolecular Hbond substituents is 2. The number of aromatic hydroxyl groups is 2. The lowest BCUT2D eigenvalue weighted by Gasteiger charge is -2.29. The van der Waals surface area contributed by atoms with E-state index in [1.54, 1.807) is 0 Å². The van der Waals surface area contributed by atoms with Crippen molar-refractivity contribution in [2.45, 2.75) is 130 Å². The summed E-state index contributed by atoms with van der Waals surface area (Å²) in [5.41, 5.74) is 21.6. The summed E-state index contributed by atoms with van der Waals surface area (Å²) < 4.78 is 13.5. The number of phenols is 2. The number of hydrogen-bond donors (Lipinski definition) is 2. The van der Waals surface area contributed by atoms with Crippen LogP contribution < -0.4 is 9.47 Å². The Morgan fingerprint density at radius 1 is 0.413 bits per heavy atom. The van der Waals surface area contributed by atoms with Crippen LogP contribution in [0.15, 0.2) is 84.9 Å². The minimum absolute atomic E-state index is 0.345. The lowest BCUT2D eigenvalue weighted by Crippen LogP contribution is -2.29. The third-order valence-electron chi connectivity index (χ3n) is 14.6. The molecule has 4 aliphatic rings. The fourth-order valence-corrected chi connectivity index (χ4v) is 11.5. The van der Waals surface area contributed by atoms with Crippen LogP contribution in [0.5, 0.6) is 23.0 Å². The summed E-state index contributed by atoms with van der Waals surface area (Å²) in [5, 5.41) is 24.7. The maximum atomic E-state index is 12.3. The third-order valence-corrected chi connectivity index (χ3v) is 14.6. The largest absolute Gasteiger partial charge is 0.507 e. The second-order valence-corrected chi connectivity index (χ2v) is 20.0. The Morgan fingerprint density at radius 2 is 0.730 bits per heavy atom. The van der Waals surface area contributed by atoms with Gasteiger partial charge in [0.15, 0.2) is 0 Å². The van der Waals surface area contributed by atoms with Gasteiger partial charge >= 0.3 is 0 Å². The van der Waals surface area contributed by atoms with Gasteiger partial charge in [0.1, 0.15) is 23.0 Å². The third kappa shape index (κ3) is 8.04. The van der Waals surface area contributed by atoms with Crippen molar-refractivity contribution in [1.29, 1.82) is 0 Å². The average Bonchev–Trinajstić information content (AvgIpc) is 3.30. The molecule has 10 rings (SSSR count). The van der Waals surface area contributed by atoms with Crippen LogP contribution in [-0.2, 0) is 51.4 Å². The molecule has 6 aromatic carbocycles. The van der Waals surface area contributed by atoms with Gasteiger partial charge in [-0.05, 0) is 220 Å². The molecule has 324 valence electrons. The predicted octanol–water partition coefficient (Wildman–Crippen LogP) is 14.4. The van der Waals surface area contributed by atoms with Crippen LogP contribution in [0, 0.1) is 19.3 Å².